The van der Waals surface area contributed by atoms with E-state index in [1.54, 1.807) is 6.92 Å². The van der Waals surface area contributed by atoms with Gasteiger partial charge in [0.1, 0.15) is 11.6 Å². The Morgan fingerprint density at radius 3 is 2.71 bits per heavy atom. The molecule has 0 aromatic heterocycles. The molecule has 82 valence electrons. The number of amides is 1. The first kappa shape index (κ1) is 11.4. The summed E-state index contributed by atoms with van der Waals surface area (Å²) in [6.07, 6.45) is 0.118. The number of carbonyl (C=O) groups is 1. The predicted molar refractivity (Wildman–Crippen MR) is 51.8 cm³/mol. The number of rotatable bonds is 6. The Balaban J connectivity index is 2.37. The van der Waals surface area contributed by atoms with Gasteiger partial charge in [-0.3, -0.25) is 4.79 Å². The van der Waals surface area contributed by atoms with E-state index < -0.39 is 5.54 Å². The van der Waals surface area contributed by atoms with E-state index in [1.165, 1.54) is 0 Å². The number of ether oxygens (including phenoxy) is 2. The first-order chi connectivity index (χ1) is 6.58. The summed E-state index contributed by atoms with van der Waals surface area (Å²) in [6, 6.07) is 0. The summed E-state index contributed by atoms with van der Waals surface area (Å²) in [5, 5.41) is 3.02. The van der Waals surface area contributed by atoms with Gasteiger partial charge in [0.25, 0.3) is 0 Å². The first-order valence-electron chi connectivity index (χ1n) is 4.83. The zero-order valence-electron chi connectivity index (χ0n) is 8.71. The highest BCUT2D eigenvalue weighted by atomic mass is 16.6. The lowest BCUT2D eigenvalue weighted by atomic mass is 10.0. The summed E-state index contributed by atoms with van der Waals surface area (Å²) in [6.45, 7) is 5.88. The first-order valence-corrected chi connectivity index (χ1v) is 4.83. The molecule has 0 aromatic carbocycles. The van der Waals surface area contributed by atoms with Crippen LogP contribution in [0.3, 0.4) is 0 Å². The lowest BCUT2D eigenvalue weighted by Gasteiger charge is -2.32. The van der Waals surface area contributed by atoms with Crippen molar-refractivity contribution in [1.29, 1.82) is 0 Å². The summed E-state index contributed by atoms with van der Waals surface area (Å²) >= 11 is 0. The van der Waals surface area contributed by atoms with Crippen molar-refractivity contribution in [2.75, 3.05) is 26.4 Å². The van der Waals surface area contributed by atoms with Crippen LogP contribution in [0.25, 0.3) is 0 Å². The number of hydrogen-bond donors (Lipinski definition) is 2. The molecule has 1 saturated heterocycles. The van der Waals surface area contributed by atoms with Crippen molar-refractivity contribution in [3.8, 4) is 0 Å². The van der Waals surface area contributed by atoms with E-state index in [1.807, 2.05) is 6.92 Å². The van der Waals surface area contributed by atoms with Gasteiger partial charge < -0.3 is 20.5 Å². The highest BCUT2D eigenvalue weighted by Crippen LogP contribution is 2.10. The minimum atomic E-state index is -0.773. The van der Waals surface area contributed by atoms with Crippen molar-refractivity contribution < 1.29 is 14.3 Å². The molecule has 1 aliphatic rings. The molecule has 0 saturated carbocycles. The highest BCUT2D eigenvalue weighted by Gasteiger charge is 2.32. The fourth-order valence-electron chi connectivity index (χ4n) is 1.19. The Bertz CT molecular complexity index is 206. The third kappa shape index (κ3) is 2.67. The van der Waals surface area contributed by atoms with Crippen molar-refractivity contribution in [2.24, 2.45) is 5.73 Å². The van der Waals surface area contributed by atoms with Gasteiger partial charge in [-0.05, 0) is 13.5 Å². The summed E-state index contributed by atoms with van der Waals surface area (Å²) in [5.41, 5.74) is 4.52. The molecule has 5 nitrogen and oxygen atoms in total. The average molecular weight is 202 g/mol. The Hall–Kier alpha value is -0.650. The second-order valence-corrected chi connectivity index (χ2v) is 3.70. The van der Waals surface area contributed by atoms with Crippen LogP contribution in [0.15, 0.2) is 0 Å². The molecule has 1 fully saturated rings. The fraction of sp³-hybridized carbons (Fsp3) is 0.889. The third-order valence-corrected chi connectivity index (χ3v) is 2.33. The standard InChI is InChI=1S/C9H18N2O3/c1-3-11-9(2,8(10)12)6-14-7-4-13-5-7/h7,11H,3-6H2,1-2H3,(H2,10,12). The lowest BCUT2D eigenvalue weighted by molar-refractivity contribution is -0.148. The van der Waals surface area contributed by atoms with Crippen LogP contribution < -0.4 is 11.1 Å². The number of likely N-dealkylation sites (N-methyl/N-ethyl adjacent to an activating group) is 1. The molecular formula is C9H18N2O3. The van der Waals surface area contributed by atoms with Crippen LogP contribution >= 0.6 is 0 Å². The van der Waals surface area contributed by atoms with Crippen molar-refractivity contribution in [3.05, 3.63) is 0 Å². The molecule has 0 spiro atoms. The Kier molecular flexibility index (Phi) is 3.86. The van der Waals surface area contributed by atoms with Crippen LogP contribution in [0, 0.1) is 0 Å². The third-order valence-electron chi connectivity index (χ3n) is 2.33. The maximum Gasteiger partial charge on any atom is 0.239 e. The van der Waals surface area contributed by atoms with E-state index in [9.17, 15) is 4.79 Å². The van der Waals surface area contributed by atoms with E-state index in [-0.39, 0.29) is 12.0 Å². The summed E-state index contributed by atoms with van der Waals surface area (Å²) in [5.74, 6) is -0.389. The summed E-state index contributed by atoms with van der Waals surface area (Å²) < 4.78 is 10.4. The molecule has 1 amide bonds. The van der Waals surface area contributed by atoms with E-state index in [2.05, 4.69) is 5.32 Å². The summed E-state index contributed by atoms with van der Waals surface area (Å²) in [7, 11) is 0. The number of nitrogens with two attached hydrogens (primary N) is 1. The van der Waals surface area contributed by atoms with Crippen molar-refractivity contribution in [1.82, 2.24) is 5.32 Å². The van der Waals surface area contributed by atoms with Crippen LogP contribution in [0.2, 0.25) is 0 Å². The van der Waals surface area contributed by atoms with E-state index in [4.69, 9.17) is 15.2 Å². The Labute approximate surface area is 83.9 Å². The molecule has 1 atom stereocenters. The molecule has 3 N–H and O–H groups in total. The molecule has 1 aliphatic heterocycles. The molecule has 5 heteroatoms. The lowest BCUT2D eigenvalue weighted by Crippen LogP contribution is -2.57. The number of primary amides is 1. The summed E-state index contributed by atoms with van der Waals surface area (Å²) in [4.78, 5) is 11.2. The van der Waals surface area contributed by atoms with Crippen LogP contribution in [-0.2, 0) is 14.3 Å². The normalized spacial score (nSPS) is 21.3. The zero-order chi connectivity index (χ0) is 10.6. The molecule has 0 aromatic rings. The molecule has 14 heavy (non-hydrogen) atoms. The van der Waals surface area contributed by atoms with Gasteiger partial charge in [-0.2, -0.15) is 0 Å². The molecule has 0 bridgehead atoms. The fourth-order valence-corrected chi connectivity index (χ4v) is 1.19. The minimum Gasteiger partial charge on any atom is -0.376 e. The number of carbonyl (C=O) groups excluding carboxylic acids is 1. The monoisotopic (exact) mass is 202 g/mol. The van der Waals surface area contributed by atoms with E-state index in [0.717, 1.165) is 0 Å². The smallest absolute Gasteiger partial charge is 0.239 e. The van der Waals surface area contributed by atoms with Crippen LogP contribution in [0.5, 0.6) is 0 Å². The van der Waals surface area contributed by atoms with Gasteiger partial charge in [0.05, 0.1) is 19.8 Å². The maximum absolute atomic E-state index is 11.2. The highest BCUT2D eigenvalue weighted by molar-refractivity contribution is 5.84. The van der Waals surface area contributed by atoms with Gasteiger partial charge in [0.2, 0.25) is 5.91 Å². The Morgan fingerprint density at radius 2 is 2.36 bits per heavy atom. The Morgan fingerprint density at radius 1 is 1.71 bits per heavy atom. The van der Waals surface area contributed by atoms with E-state index >= 15 is 0 Å². The van der Waals surface area contributed by atoms with Crippen molar-refractivity contribution >= 4 is 5.91 Å². The maximum atomic E-state index is 11.2. The molecule has 1 unspecified atom stereocenters. The minimum absolute atomic E-state index is 0.118. The van der Waals surface area contributed by atoms with E-state index in [0.29, 0.717) is 26.4 Å². The van der Waals surface area contributed by atoms with Gasteiger partial charge in [-0.1, -0.05) is 6.92 Å². The predicted octanol–water partition coefficient (Wildman–Crippen LogP) is -0.745. The molecule has 0 radical (unpaired) electrons. The number of hydrogen-bond acceptors (Lipinski definition) is 4. The molecular weight excluding hydrogens is 184 g/mol. The quantitative estimate of drug-likeness (QED) is 0.594. The van der Waals surface area contributed by atoms with Crippen LogP contribution in [-0.4, -0.2) is 43.9 Å². The topological polar surface area (TPSA) is 73.6 Å². The van der Waals surface area contributed by atoms with Crippen LogP contribution in [0.1, 0.15) is 13.8 Å². The van der Waals surface area contributed by atoms with Gasteiger partial charge in [-0.25, -0.2) is 0 Å². The average Bonchev–Trinajstić information content (AvgIpc) is 2.01. The second-order valence-electron chi connectivity index (χ2n) is 3.70. The largest absolute Gasteiger partial charge is 0.376 e. The van der Waals surface area contributed by atoms with Crippen molar-refractivity contribution in [3.63, 3.8) is 0 Å². The van der Waals surface area contributed by atoms with Gasteiger partial charge in [0, 0.05) is 0 Å². The van der Waals surface area contributed by atoms with Gasteiger partial charge in [0.15, 0.2) is 0 Å². The molecule has 1 heterocycles. The molecule has 0 aliphatic carbocycles. The second kappa shape index (κ2) is 4.72. The number of nitrogens with one attached hydrogen (secondary N) is 1. The van der Waals surface area contributed by atoms with Gasteiger partial charge in [-0.15, -0.1) is 0 Å². The SMILES string of the molecule is CCNC(C)(COC1COC1)C(N)=O. The van der Waals surface area contributed by atoms with Crippen molar-refractivity contribution in [2.45, 2.75) is 25.5 Å². The molecule has 1 rings (SSSR count). The van der Waals surface area contributed by atoms with Crippen LogP contribution in [0.4, 0.5) is 0 Å². The zero-order valence-corrected chi connectivity index (χ0v) is 8.71. The van der Waals surface area contributed by atoms with Gasteiger partial charge >= 0.3 is 0 Å².